The highest BCUT2D eigenvalue weighted by molar-refractivity contribution is 5.96. The zero-order valence-electron chi connectivity index (χ0n) is 22.2. The summed E-state index contributed by atoms with van der Waals surface area (Å²) in [6, 6.07) is 9.17. The SMILES string of the molecule is CCc1cccc(CC)c1-n1nc2c(c1-c1cc(F)c(F)c3[nH]ccc13)CN(c1ncc(C(F)(F)F)cc1F)CC2. The summed E-state index contributed by atoms with van der Waals surface area (Å²) in [4.78, 5) is 8.14. The monoisotopic (exact) mass is 569 g/mol. The van der Waals surface area contributed by atoms with Crippen molar-refractivity contribution in [2.45, 2.75) is 45.8 Å². The molecule has 0 amide bonds. The molecule has 2 aromatic carbocycles. The maximum absolute atomic E-state index is 15.0. The number of hydrogen-bond acceptors (Lipinski definition) is 3. The lowest BCUT2D eigenvalue weighted by molar-refractivity contribution is -0.138. The summed E-state index contributed by atoms with van der Waals surface area (Å²) in [7, 11) is 0. The van der Waals surface area contributed by atoms with Gasteiger partial charge in [0.05, 0.1) is 28.2 Å². The fraction of sp³-hybridized carbons (Fsp3) is 0.267. The number of H-pyrrole nitrogens is 1. The molecule has 3 aromatic heterocycles. The lowest BCUT2D eigenvalue weighted by Crippen LogP contribution is -2.32. The Hall–Kier alpha value is -4.28. The Morgan fingerprint density at radius 2 is 1.71 bits per heavy atom. The lowest BCUT2D eigenvalue weighted by Gasteiger charge is -2.28. The van der Waals surface area contributed by atoms with Crippen molar-refractivity contribution < 1.29 is 26.3 Å². The Bertz CT molecular complexity index is 1760. The van der Waals surface area contributed by atoms with Crippen LogP contribution in [0.3, 0.4) is 0 Å². The molecule has 0 bridgehead atoms. The van der Waals surface area contributed by atoms with Crippen molar-refractivity contribution in [1.82, 2.24) is 19.7 Å². The molecule has 0 atom stereocenters. The molecule has 1 N–H and O–H groups in total. The number of para-hydroxylation sites is 1. The van der Waals surface area contributed by atoms with Crippen LogP contribution in [-0.4, -0.2) is 26.3 Å². The highest BCUT2D eigenvalue weighted by Crippen LogP contribution is 2.40. The van der Waals surface area contributed by atoms with Gasteiger partial charge in [0.15, 0.2) is 23.3 Å². The molecule has 6 rings (SSSR count). The Labute approximate surface area is 231 Å². The summed E-state index contributed by atoms with van der Waals surface area (Å²) in [6.45, 7) is 4.35. The molecule has 0 fully saturated rings. The van der Waals surface area contributed by atoms with Crippen molar-refractivity contribution in [2.24, 2.45) is 0 Å². The van der Waals surface area contributed by atoms with Gasteiger partial charge >= 0.3 is 6.18 Å². The van der Waals surface area contributed by atoms with Crippen molar-refractivity contribution in [1.29, 1.82) is 0 Å². The Balaban J connectivity index is 1.58. The van der Waals surface area contributed by atoms with Crippen LogP contribution in [0.5, 0.6) is 0 Å². The maximum atomic E-state index is 15.0. The van der Waals surface area contributed by atoms with E-state index >= 15 is 0 Å². The van der Waals surface area contributed by atoms with E-state index in [2.05, 4.69) is 9.97 Å². The molecule has 41 heavy (non-hydrogen) atoms. The quantitative estimate of drug-likeness (QED) is 0.223. The third-order valence-electron chi connectivity index (χ3n) is 7.65. The van der Waals surface area contributed by atoms with Gasteiger partial charge in [0.1, 0.15) is 0 Å². The largest absolute Gasteiger partial charge is 0.417 e. The average Bonchev–Trinajstić information content (AvgIpc) is 3.59. The first-order valence-corrected chi connectivity index (χ1v) is 13.3. The number of rotatable bonds is 5. The molecule has 5 nitrogen and oxygen atoms in total. The predicted molar refractivity (Wildman–Crippen MR) is 143 cm³/mol. The predicted octanol–water partition coefficient (Wildman–Crippen LogP) is 7.54. The van der Waals surface area contributed by atoms with Crippen LogP contribution in [-0.2, 0) is 32.0 Å². The van der Waals surface area contributed by atoms with Gasteiger partial charge in [-0.1, -0.05) is 32.0 Å². The molecular formula is C30H25F6N5. The normalized spacial score (nSPS) is 13.7. The zero-order valence-corrected chi connectivity index (χ0v) is 22.2. The smallest absolute Gasteiger partial charge is 0.359 e. The van der Waals surface area contributed by atoms with Gasteiger partial charge in [-0.2, -0.15) is 18.3 Å². The van der Waals surface area contributed by atoms with Gasteiger partial charge in [0.2, 0.25) is 0 Å². The van der Waals surface area contributed by atoms with E-state index in [0.29, 0.717) is 59.4 Å². The molecule has 0 radical (unpaired) electrons. The number of benzene rings is 2. The van der Waals surface area contributed by atoms with E-state index in [4.69, 9.17) is 5.10 Å². The third kappa shape index (κ3) is 4.43. The third-order valence-corrected chi connectivity index (χ3v) is 7.65. The van der Waals surface area contributed by atoms with Crippen molar-refractivity contribution >= 4 is 16.7 Å². The molecule has 212 valence electrons. The molecule has 0 saturated carbocycles. The Kier molecular flexibility index (Phi) is 6.55. The van der Waals surface area contributed by atoms with Crippen molar-refractivity contribution in [3.8, 4) is 16.9 Å². The van der Waals surface area contributed by atoms with Gasteiger partial charge in [0, 0.05) is 48.4 Å². The molecule has 11 heteroatoms. The van der Waals surface area contributed by atoms with Crippen molar-refractivity contribution in [2.75, 3.05) is 11.4 Å². The number of halogens is 6. The number of aromatic nitrogens is 4. The summed E-state index contributed by atoms with van der Waals surface area (Å²) >= 11 is 0. The number of alkyl halides is 3. The molecule has 5 aromatic rings. The molecule has 1 aliphatic heterocycles. The number of nitrogens with zero attached hydrogens (tertiary/aromatic N) is 4. The van der Waals surface area contributed by atoms with Crippen LogP contribution in [0.25, 0.3) is 27.8 Å². The van der Waals surface area contributed by atoms with Gasteiger partial charge < -0.3 is 9.88 Å². The summed E-state index contributed by atoms with van der Waals surface area (Å²) < 4.78 is 85.9. The van der Waals surface area contributed by atoms with E-state index in [0.717, 1.165) is 22.9 Å². The zero-order chi connectivity index (χ0) is 29.1. The van der Waals surface area contributed by atoms with Crippen LogP contribution in [0.2, 0.25) is 0 Å². The number of hydrogen-bond donors (Lipinski definition) is 1. The maximum Gasteiger partial charge on any atom is 0.417 e. The molecular weight excluding hydrogens is 544 g/mol. The van der Waals surface area contributed by atoms with Crippen molar-refractivity contribution in [3.63, 3.8) is 0 Å². The second kappa shape index (κ2) is 9.97. The van der Waals surface area contributed by atoms with E-state index < -0.39 is 29.2 Å². The fourth-order valence-electron chi connectivity index (χ4n) is 5.66. The summed E-state index contributed by atoms with van der Waals surface area (Å²) in [5, 5.41) is 5.40. The highest BCUT2D eigenvalue weighted by atomic mass is 19.4. The second-order valence-electron chi connectivity index (χ2n) is 10.0. The fourth-order valence-corrected chi connectivity index (χ4v) is 5.66. The van der Waals surface area contributed by atoms with Crippen LogP contribution in [0.4, 0.5) is 32.2 Å². The lowest BCUT2D eigenvalue weighted by atomic mass is 9.97. The van der Waals surface area contributed by atoms with Crippen LogP contribution in [0.15, 0.2) is 48.8 Å². The van der Waals surface area contributed by atoms with Gasteiger partial charge in [-0.15, -0.1) is 0 Å². The molecule has 4 heterocycles. The van der Waals surface area contributed by atoms with Crippen LogP contribution in [0, 0.1) is 17.5 Å². The van der Waals surface area contributed by atoms with E-state index in [9.17, 15) is 26.3 Å². The summed E-state index contributed by atoms with van der Waals surface area (Å²) in [5.74, 6) is -3.36. The molecule has 0 aliphatic carbocycles. The van der Waals surface area contributed by atoms with Crippen molar-refractivity contribution in [3.05, 3.63) is 94.2 Å². The minimum Gasteiger partial charge on any atom is -0.359 e. The first kappa shape index (κ1) is 26.9. The Morgan fingerprint density at radius 3 is 2.37 bits per heavy atom. The van der Waals surface area contributed by atoms with E-state index in [1.807, 2.05) is 32.0 Å². The molecule has 0 spiro atoms. The average molecular weight is 570 g/mol. The number of aromatic amines is 1. The van der Waals surface area contributed by atoms with Gasteiger partial charge in [-0.3, -0.25) is 0 Å². The van der Waals surface area contributed by atoms with Crippen LogP contribution < -0.4 is 4.90 Å². The first-order chi connectivity index (χ1) is 19.6. The van der Waals surface area contributed by atoms with Gasteiger partial charge in [-0.05, 0) is 42.2 Å². The topological polar surface area (TPSA) is 49.7 Å². The van der Waals surface area contributed by atoms with E-state index in [1.54, 1.807) is 15.6 Å². The van der Waals surface area contributed by atoms with Gasteiger partial charge in [-0.25, -0.2) is 22.8 Å². The van der Waals surface area contributed by atoms with E-state index in [1.165, 1.54) is 6.20 Å². The van der Waals surface area contributed by atoms with Crippen LogP contribution in [0.1, 0.15) is 41.8 Å². The molecule has 1 aliphatic rings. The minimum atomic E-state index is -4.73. The van der Waals surface area contributed by atoms with Crippen LogP contribution >= 0.6 is 0 Å². The number of pyridine rings is 1. The number of fused-ring (bicyclic) bond motifs is 2. The Morgan fingerprint density at radius 1 is 0.976 bits per heavy atom. The highest BCUT2D eigenvalue weighted by Gasteiger charge is 2.34. The first-order valence-electron chi connectivity index (χ1n) is 13.3. The number of anilines is 1. The molecule has 0 unspecified atom stereocenters. The number of aryl methyl sites for hydroxylation is 2. The second-order valence-corrected chi connectivity index (χ2v) is 10.0. The summed E-state index contributed by atoms with van der Waals surface area (Å²) in [5.41, 5.74) is 3.90. The number of nitrogens with one attached hydrogen (secondary N) is 1. The van der Waals surface area contributed by atoms with E-state index in [-0.39, 0.29) is 24.4 Å². The molecule has 0 saturated heterocycles. The summed E-state index contributed by atoms with van der Waals surface area (Å²) in [6.07, 6.45) is -0.868. The minimum absolute atomic E-state index is 0.00380. The standard InChI is InChI=1S/C30H25F6N5/c1-3-16-6-5-7-17(4-2)27(16)41-28(20-13-22(31)25(33)26-19(20)8-10-37-26)21-15-40(11-9-24(21)39-41)29-23(32)12-18(14-38-29)30(34,35)36/h5-8,10,12-14,37H,3-4,9,11,15H2,1-2H3. The van der Waals surface area contributed by atoms with Gasteiger partial charge in [0.25, 0.3) is 0 Å².